The van der Waals surface area contributed by atoms with Gasteiger partial charge >= 0.3 is 0 Å². The summed E-state index contributed by atoms with van der Waals surface area (Å²) in [5.74, 6) is 0.492. The van der Waals surface area contributed by atoms with Crippen molar-refractivity contribution >= 4 is 27.3 Å². The molecule has 0 unspecified atom stereocenters. The van der Waals surface area contributed by atoms with Crippen molar-refractivity contribution in [2.75, 3.05) is 29.4 Å². The average Bonchev–Trinajstić information content (AvgIpc) is 2.79. The van der Waals surface area contributed by atoms with Gasteiger partial charge in [-0.05, 0) is 50.2 Å². The largest absolute Gasteiger partial charge is 0.494 e. The van der Waals surface area contributed by atoms with Crippen molar-refractivity contribution in [2.45, 2.75) is 18.7 Å². The van der Waals surface area contributed by atoms with Crippen molar-refractivity contribution in [2.24, 2.45) is 0 Å². The lowest BCUT2D eigenvalue weighted by Crippen LogP contribution is -2.38. The highest BCUT2D eigenvalue weighted by atomic mass is 32.2. The number of amides is 1. The van der Waals surface area contributed by atoms with Crippen LogP contribution in [0.5, 0.6) is 11.5 Å². The van der Waals surface area contributed by atoms with Gasteiger partial charge in [0.1, 0.15) is 18.0 Å². The van der Waals surface area contributed by atoms with E-state index in [0.29, 0.717) is 30.4 Å². The smallest absolute Gasteiger partial charge is 0.264 e. The summed E-state index contributed by atoms with van der Waals surface area (Å²) in [5, 5.41) is 2.75. The van der Waals surface area contributed by atoms with E-state index >= 15 is 0 Å². The fraction of sp³-hybridized carbons (Fsp3) is 0.208. The minimum absolute atomic E-state index is 0.0810. The van der Waals surface area contributed by atoms with Crippen LogP contribution in [-0.4, -0.2) is 34.1 Å². The normalized spacial score (nSPS) is 10.9. The molecule has 32 heavy (non-hydrogen) atoms. The van der Waals surface area contributed by atoms with Gasteiger partial charge in [-0.2, -0.15) is 0 Å². The van der Waals surface area contributed by atoms with Gasteiger partial charge in [-0.25, -0.2) is 8.42 Å². The van der Waals surface area contributed by atoms with Crippen molar-refractivity contribution in [3.63, 3.8) is 0 Å². The van der Waals surface area contributed by atoms with Crippen LogP contribution in [0.2, 0.25) is 0 Å². The number of carbonyl (C=O) groups excluding carboxylic acids is 1. The molecule has 0 spiro atoms. The third kappa shape index (κ3) is 5.59. The van der Waals surface area contributed by atoms with E-state index in [4.69, 9.17) is 9.47 Å². The zero-order valence-corrected chi connectivity index (χ0v) is 18.8. The second-order valence-corrected chi connectivity index (χ2v) is 8.60. The standard InChI is InChI=1S/C24H26N2O5S/c1-3-30-20-12-10-11-19(17-20)25-24(27)18-26(22-15-8-9-16-23(22)31-4-2)32(28,29)21-13-6-5-7-14-21/h5-17H,3-4,18H2,1-2H3,(H,25,27). The number of ether oxygens (including phenoxy) is 2. The van der Waals surface area contributed by atoms with Gasteiger partial charge in [-0.1, -0.05) is 36.4 Å². The van der Waals surface area contributed by atoms with E-state index in [1.54, 1.807) is 66.7 Å². The predicted molar refractivity (Wildman–Crippen MR) is 125 cm³/mol. The Morgan fingerprint density at radius 1 is 0.875 bits per heavy atom. The van der Waals surface area contributed by atoms with Gasteiger partial charge in [0.15, 0.2) is 0 Å². The molecule has 0 aromatic heterocycles. The van der Waals surface area contributed by atoms with Crippen LogP contribution in [0.3, 0.4) is 0 Å². The van der Waals surface area contributed by atoms with Gasteiger partial charge in [0, 0.05) is 11.8 Å². The maximum absolute atomic E-state index is 13.5. The van der Waals surface area contributed by atoms with Crippen LogP contribution in [0.4, 0.5) is 11.4 Å². The summed E-state index contributed by atoms with van der Waals surface area (Å²) < 4.78 is 39.1. The molecule has 0 saturated heterocycles. The summed E-state index contributed by atoms with van der Waals surface area (Å²) in [5.41, 5.74) is 0.799. The molecular formula is C24H26N2O5S. The van der Waals surface area contributed by atoms with Crippen molar-refractivity contribution in [1.29, 1.82) is 0 Å². The average molecular weight is 455 g/mol. The van der Waals surface area contributed by atoms with E-state index < -0.39 is 22.5 Å². The SMILES string of the molecule is CCOc1cccc(NC(=O)CN(c2ccccc2OCC)S(=O)(=O)c2ccccc2)c1. The van der Waals surface area contributed by atoms with E-state index in [2.05, 4.69) is 5.32 Å². The summed E-state index contributed by atoms with van der Waals surface area (Å²) in [6.07, 6.45) is 0. The molecule has 0 radical (unpaired) electrons. The molecule has 0 bridgehead atoms. The van der Waals surface area contributed by atoms with Crippen molar-refractivity contribution in [3.05, 3.63) is 78.9 Å². The van der Waals surface area contributed by atoms with Crippen molar-refractivity contribution in [3.8, 4) is 11.5 Å². The predicted octanol–water partition coefficient (Wildman–Crippen LogP) is 4.32. The van der Waals surface area contributed by atoms with Crippen LogP contribution in [0.25, 0.3) is 0 Å². The summed E-state index contributed by atoms with van der Waals surface area (Å²) in [4.78, 5) is 13.0. The summed E-state index contributed by atoms with van der Waals surface area (Å²) in [7, 11) is -4.03. The molecule has 7 nitrogen and oxygen atoms in total. The Balaban J connectivity index is 1.95. The number of hydrogen-bond donors (Lipinski definition) is 1. The van der Waals surface area contributed by atoms with E-state index in [-0.39, 0.29) is 10.6 Å². The number of hydrogen-bond acceptors (Lipinski definition) is 5. The lowest BCUT2D eigenvalue weighted by atomic mass is 10.3. The fourth-order valence-electron chi connectivity index (χ4n) is 3.12. The number of para-hydroxylation sites is 2. The Kier molecular flexibility index (Phi) is 7.72. The van der Waals surface area contributed by atoms with Gasteiger partial charge in [0.2, 0.25) is 5.91 Å². The Bertz CT molecular complexity index is 1150. The van der Waals surface area contributed by atoms with E-state index in [0.717, 1.165) is 4.31 Å². The van der Waals surface area contributed by atoms with Crippen LogP contribution < -0.4 is 19.1 Å². The third-order valence-corrected chi connectivity index (χ3v) is 6.25. The number of nitrogens with zero attached hydrogens (tertiary/aromatic N) is 1. The van der Waals surface area contributed by atoms with Gasteiger partial charge in [-0.15, -0.1) is 0 Å². The van der Waals surface area contributed by atoms with Crippen molar-refractivity contribution in [1.82, 2.24) is 0 Å². The zero-order valence-electron chi connectivity index (χ0n) is 18.0. The number of sulfonamides is 1. The highest BCUT2D eigenvalue weighted by Crippen LogP contribution is 2.32. The molecule has 3 aromatic rings. The quantitative estimate of drug-likeness (QED) is 0.493. The first-order chi connectivity index (χ1) is 15.5. The number of carbonyl (C=O) groups is 1. The van der Waals surface area contributed by atoms with Gasteiger partial charge in [0.25, 0.3) is 10.0 Å². The van der Waals surface area contributed by atoms with Crippen molar-refractivity contribution < 1.29 is 22.7 Å². The molecule has 0 saturated carbocycles. The van der Waals surface area contributed by atoms with E-state index in [9.17, 15) is 13.2 Å². The second kappa shape index (κ2) is 10.7. The molecule has 3 aromatic carbocycles. The Labute approximate surface area is 188 Å². The highest BCUT2D eigenvalue weighted by Gasteiger charge is 2.29. The number of anilines is 2. The molecular weight excluding hydrogens is 428 g/mol. The zero-order chi connectivity index (χ0) is 23.0. The maximum atomic E-state index is 13.5. The maximum Gasteiger partial charge on any atom is 0.264 e. The molecule has 168 valence electrons. The lowest BCUT2D eigenvalue weighted by Gasteiger charge is -2.26. The summed E-state index contributed by atoms with van der Waals surface area (Å²) in [6, 6.07) is 21.7. The van der Waals surface area contributed by atoms with E-state index in [1.165, 1.54) is 12.1 Å². The minimum atomic E-state index is -4.03. The molecule has 0 atom stereocenters. The molecule has 0 heterocycles. The molecule has 0 fully saturated rings. The summed E-state index contributed by atoms with van der Waals surface area (Å²) >= 11 is 0. The number of rotatable bonds is 10. The monoisotopic (exact) mass is 454 g/mol. The topological polar surface area (TPSA) is 84.9 Å². The van der Waals surface area contributed by atoms with Crippen LogP contribution in [-0.2, 0) is 14.8 Å². The molecule has 1 amide bonds. The molecule has 8 heteroatoms. The lowest BCUT2D eigenvalue weighted by molar-refractivity contribution is -0.114. The number of benzene rings is 3. The molecule has 3 rings (SSSR count). The Morgan fingerprint density at radius 2 is 1.56 bits per heavy atom. The highest BCUT2D eigenvalue weighted by molar-refractivity contribution is 7.92. The van der Waals surface area contributed by atoms with Crippen LogP contribution >= 0.6 is 0 Å². The first-order valence-corrected chi connectivity index (χ1v) is 11.7. The third-order valence-electron chi connectivity index (χ3n) is 4.48. The Hall–Kier alpha value is -3.52. The second-order valence-electron chi connectivity index (χ2n) is 6.73. The Morgan fingerprint density at radius 3 is 2.28 bits per heavy atom. The number of nitrogens with one attached hydrogen (secondary N) is 1. The molecule has 0 aliphatic rings. The van der Waals surface area contributed by atoms with Gasteiger partial charge < -0.3 is 14.8 Å². The van der Waals surface area contributed by atoms with Crippen LogP contribution in [0, 0.1) is 0 Å². The van der Waals surface area contributed by atoms with E-state index in [1.807, 2.05) is 13.8 Å². The molecule has 1 N–H and O–H groups in total. The molecule has 0 aliphatic heterocycles. The minimum Gasteiger partial charge on any atom is -0.494 e. The van der Waals surface area contributed by atoms with Gasteiger partial charge in [-0.3, -0.25) is 9.10 Å². The van der Waals surface area contributed by atoms with Crippen LogP contribution in [0.15, 0.2) is 83.8 Å². The fourth-order valence-corrected chi connectivity index (χ4v) is 4.57. The molecule has 0 aliphatic carbocycles. The van der Waals surface area contributed by atoms with Crippen LogP contribution in [0.1, 0.15) is 13.8 Å². The summed E-state index contributed by atoms with van der Waals surface area (Å²) in [6.45, 7) is 4.10. The first kappa shape index (κ1) is 23.1. The first-order valence-electron chi connectivity index (χ1n) is 10.3. The van der Waals surface area contributed by atoms with Gasteiger partial charge in [0.05, 0.1) is 23.8 Å².